The van der Waals surface area contributed by atoms with Crippen molar-refractivity contribution >= 4 is 11.9 Å². The summed E-state index contributed by atoms with van der Waals surface area (Å²) in [5.74, 6) is -1.04. The number of aryl methyl sites for hydroxylation is 1. The van der Waals surface area contributed by atoms with E-state index in [1.165, 1.54) is 4.90 Å². The third kappa shape index (κ3) is 4.05. The number of carbonyl (C=O) groups is 2. The van der Waals surface area contributed by atoms with Crippen LogP contribution < -0.4 is 5.73 Å². The van der Waals surface area contributed by atoms with Crippen molar-refractivity contribution in [1.29, 1.82) is 0 Å². The van der Waals surface area contributed by atoms with E-state index in [1.54, 1.807) is 6.92 Å². The van der Waals surface area contributed by atoms with Crippen molar-refractivity contribution in [3.63, 3.8) is 0 Å². The Labute approximate surface area is 91.0 Å². The second-order valence-corrected chi connectivity index (χ2v) is 3.22. The molecule has 0 atom stereocenters. The largest absolute Gasteiger partial charge is 0.480 e. The van der Waals surface area contributed by atoms with Gasteiger partial charge >= 0.3 is 5.97 Å². The van der Waals surface area contributed by atoms with Crippen LogP contribution in [0.5, 0.6) is 0 Å². The van der Waals surface area contributed by atoms with Gasteiger partial charge in [-0.1, -0.05) is 0 Å². The molecule has 0 radical (unpaired) electrons. The van der Waals surface area contributed by atoms with Crippen LogP contribution in [0, 0.1) is 6.92 Å². The Morgan fingerprint density at radius 1 is 1.44 bits per heavy atom. The second kappa shape index (κ2) is 5.21. The number of carboxylic acid groups (broad SMARTS) is 1. The Morgan fingerprint density at radius 3 is 2.56 bits per heavy atom. The van der Waals surface area contributed by atoms with E-state index in [-0.39, 0.29) is 25.5 Å². The zero-order valence-corrected chi connectivity index (χ0v) is 8.71. The van der Waals surface area contributed by atoms with Crippen LogP contribution in [0.3, 0.4) is 0 Å². The summed E-state index contributed by atoms with van der Waals surface area (Å²) in [7, 11) is 0. The van der Waals surface area contributed by atoms with Gasteiger partial charge in [0.15, 0.2) is 0 Å². The maximum atomic E-state index is 10.7. The summed E-state index contributed by atoms with van der Waals surface area (Å²) in [6.07, 6.45) is 0. The number of carbonyl (C=O) groups excluding carboxylic acids is 1. The van der Waals surface area contributed by atoms with Gasteiger partial charge in [0.1, 0.15) is 0 Å². The number of carboxylic acids is 1. The highest BCUT2D eigenvalue weighted by Gasteiger charge is 2.15. The van der Waals surface area contributed by atoms with E-state index in [4.69, 9.17) is 15.3 Å². The van der Waals surface area contributed by atoms with Crippen molar-refractivity contribution in [1.82, 2.24) is 15.1 Å². The highest BCUT2D eigenvalue weighted by molar-refractivity contribution is 5.77. The SMILES string of the molecule is Cc1nnc(CN(CC(N)=O)CC(=O)O)o1. The van der Waals surface area contributed by atoms with Crippen LogP contribution in [0.2, 0.25) is 0 Å². The van der Waals surface area contributed by atoms with Gasteiger partial charge in [-0.2, -0.15) is 0 Å². The topological polar surface area (TPSA) is 123 Å². The van der Waals surface area contributed by atoms with Crippen molar-refractivity contribution in [2.75, 3.05) is 13.1 Å². The lowest BCUT2D eigenvalue weighted by Gasteiger charge is -2.15. The molecule has 0 saturated carbocycles. The van der Waals surface area contributed by atoms with Gasteiger partial charge < -0.3 is 15.3 Å². The lowest BCUT2D eigenvalue weighted by atomic mass is 10.4. The molecule has 0 spiro atoms. The standard InChI is InChI=1S/C8H12N4O4/c1-5-10-11-7(16-5)3-12(2-6(9)13)4-8(14)15/h2-4H2,1H3,(H2,9,13)(H,14,15). The molecule has 88 valence electrons. The van der Waals surface area contributed by atoms with Crippen LogP contribution in [0.1, 0.15) is 11.8 Å². The van der Waals surface area contributed by atoms with E-state index in [1.807, 2.05) is 0 Å². The van der Waals surface area contributed by atoms with E-state index in [2.05, 4.69) is 10.2 Å². The first kappa shape index (κ1) is 12.1. The van der Waals surface area contributed by atoms with Gasteiger partial charge in [0, 0.05) is 6.92 Å². The summed E-state index contributed by atoms with van der Waals surface area (Å²) < 4.78 is 5.07. The van der Waals surface area contributed by atoms with E-state index in [0.29, 0.717) is 5.89 Å². The molecule has 16 heavy (non-hydrogen) atoms. The number of aromatic nitrogens is 2. The molecule has 0 aliphatic carbocycles. The molecule has 0 aliphatic rings. The second-order valence-electron chi connectivity index (χ2n) is 3.22. The van der Waals surface area contributed by atoms with E-state index in [9.17, 15) is 9.59 Å². The van der Waals surface area contributed by atoms with E-state index < -0.39 is 11.9 Å². The zero-order chi connectivity index (χ0) is 12.1. The molecule has 0 bridgehead atoms. The molecule has 0 aliphatic heterocycles. The number of nitrogens with zero attached hydrogens (tertiary/aromatic N) is 3. The van der Waals surface area contributed by atoms with Crippen LogP contribution in [0.25, 0.3) is 0 Å². The average Bonchev–Trinajstić information content (AvgIpc) is 2.48. The molecule has 1 heterocycles. The smallest absolute Gasteiger partial charge is 0.317 e. The van der Waals surface area contributed by atoms with Crippen LogP contribution >= 0.6 is 0 Å². The summed E-state index contributed by atoms with van der Waals surface area (Å²) in [6.45, 7) is 1.21. The molecule has 8 heteroatoms. The number of amides is 1. The predicted molar refractivity (Wildman–Crippen MR) is 51.1 cm³/mol. The fraction of sp³-hybridized carbons (Fsp3) is 0.500. The summed E-state index contributed by atoms with van der Waals surface area (Å²) in [5, 5.41) is 15.9. The molecule has 0 fully saturated rings. The molecule has 1 aromatic heterocycles. The van der Waals surface area contributed by atoms with E-state index in [0.717, 1.165) is 0 Å². The monoisotopic (exact) mass is 228 g/mol. The van der Waals surface area contributed by atoms with Crippen molar-refractivity contribution in [2.24, 2.45) is 5.73 Å². The summed E-state index contributed by atoms with van der Waals surface area (Å²) >= 11 is 0. The van der Waals surface area contributed by atoms with Gasteiger partial charge in [0.25, 0.3) is 0 Å². The van der Waals surface area contributed by atoms with Crippen LogP contribution in [-0.4, -0.2) is 45.2 Å². The maximum absolute atomic E-state index is 10.7. The minimum Gasteiger partial charge on any atom is -0.480 e. The maximum Gasteiger partial charge on any atom is 0.317 e. The molecule has 8 nitrogen and oxygen atoms in total. The van der Waals surface area contributed by atoms with Crippen molar-refractivity contribution < 1.29 is 19.1 Å². The van der Waals surface area contributed by atoms with Gasteiger partial charge in [-0.15, -0.1) is 10.2 Å². The lowest BCUT2D eigenvalue weighted by molar-refractivity contribution is -0.138. The van der Waals surface area contributed by atoms with Crippen molar-refractivity contribution in [3.05, 3.63) is 11.8 Å². The van der Waals surface area contributed by atoms with Crippen LogP contribution in [-0.2, 0) is 16.1 Å². The zero-order valence-electron chi connectivity index (χ0n) is 8.71. The highest BCUT2D eigenvalue weighted by Crippen LogP contribution is 2.02. The van der Waals surface area contributed by atoms with Gasteiger partial charge in [0.2, 0.25) is 17.7 Å². The van der Waals surface area contributed by atoms with Crippen LogP contribution in [0.15, 0.2) is 4.42 Å². The lowest BCUT2D eigenvalue weighted by Crippen LogP contribution is -2.36. The number of rotatable bonds is 6. The number of hydrogen-bond acceptors (Lipinski definition) is 6. The van der Waals surface area contributed by atoms with Gasteiger partial charge in [0.05, 0.1) is 19.6 Å². The summed E-state index contributed by atoms with van der Waals surface area (Å²) in [4.78, 5) is 22.5. The summed E-state index contributed by atoms with van der Waals surface area (Å²) in [5.41, 5.74) is 4.99. The first-order valence-electron chi connectivity index (χ1n) is 4.49. The fourth-order valence-corrected chi connectivity index (χ4v) is 1.17. The third-order valence-corrected chi connectivity index (χ3v) is 1.67. The molecule has 1 aromatic rings. The van der Waals surface area contributed by atoms with Crippen molar-refractivity contribution in [2.45, 2.75) is 13.5 Å². The molecule has 1 rings (SSSR count). The van der Waals surface area contributed by atoms with Crippen molar-refractivity contribution in [3.8, 4) is 0 Å². The Hall–Kier alpha value is -1.96. The van der Waals surface area contributed by atoms with Gasteiger partial charge in [-0.3, -0.25) is 14.5 Å². The molecular weight excluding hydrogens is 216 g/mol. The Bertz CT molecular complexity index is 373. The molecule has 3 N–H and O–H groups in total. The number of aliphatic carboxylic acids is 1. The van der Waals surface area contributed by atoms with Gasteiger partial charge in [-0.05, 0) is 0 Å². The fourth-order valence-electron chi connectivity index (χ4n) is 1.17. The summed E-state index contributed by atoms with van der Waals surface area (Å²) in [6, 6.07) is 0. The molecule has 0 unspecified atom stereocenters. The average molecular weight is 228 g/mol. The molecule has 0 aromatic carbocycles. The minimum absolute atomic E-state index is 0.0794. The predicted octanol–water partition coefficient (Wildman–Crippen LogP) is -1.25. The Kier molecular flexibility index (Phi) is 3.95. The highest BCUT2D eigenvalue weighted by atomic mass is 16.4. The third-order valence-electron chi connectivity index (χ3n) is 1.67. The Balaban J connectivity index is 2.62. The Morgan fingerprint density at radius 2 is 2.12 bits per heavy atom. The molecule has 0 saturated heterocycles. The number of primary amides is 1. The van der Waals surface area contributed by atoms with Gasteiger partial charge in [-0.25, -0.2) is 0 Å². The minimum atomic E-state index is -1.06. The molecular formula is C8H12N4O4. The first-order valence-corrected chi connectivity index (χ1v) is 4.49. The molecule has 1 amide bonds. The van der Waals surface area contributed by atoms with Crippen LogP contribution in [0.4, 0.5) is 0 Å². The quantitative estimate of drug-likeness (QED) is 0.623. The van der Waals surface area contributed by atoms with E-state index >= 15 is 0 Å². The number of nitrogens with two attached hydrogens (primary N) is 1. The number of hydrogen-bond donors (Lipinski definition) is 2. The normalized spacial score (nSPS) is 10.6. The first-order chi connectivity index (χ1) is 7.47.